The van der Waals surface area contributed by atoms with Crippen LogP contribution in [0.2, 0.25) is 5.28 Å². The lowest BCUT2D eigenvalue weighted by Crippen LogP contribution is -2.06. The molecule has 0 bridgehead atoms. The van der Waals surface area contributed by atoms with Crippen LogP contribution < -0.4 is 0 Å². The van der Waals surface area contributed by atoms with Gasteiger partial charge in [0.1, 0.15) is 6.61 Å². The second kappa shape index (κ2) is 9.01. The van der Waals surface area contributed by atoms with E-state index in [0.717, 1.165) is 6.61 Å². The largest absolute Gasteiger partial charge is 0.503 e. The van der Waals surface area contributed by atoms with Crippen molar-refractivity contribution in [2.45, 2.75) is 18.1 Å². The summed E-state index contributed by atoms with van der Waals surface area (Å²) in [5, 5.41) is 9.21. The van der Waals surface area contributed by atoms with Crippen molar-refractivity contribution in [3.05, 3.63) is 0 Å². The van der Waals surface area contributed by atoms with Gasteiger partial charge in [-0.05, 0) is 6.42 Å². The summed E-state index contributed by atoms with van der Waals surface area (Å²) in [6.45, 7) is 0.853. The summed E-state index contributed by atoms with van der Waals surface area (Å²) in [6.07, 6.45) is 2.75. The van der Waals surface area contributed by atoms with Crippen molar-refractivity contribution in [1.82, 2.24) is 0 Å². The second-order valence-corrected chi connectivity index (χ2v) is 4.02. The molecule has 1 aliphatic heterocycles. The topological polar surface area (TPSA) is 55.8 Å². The van der Waals surface area contributed by atoms with Crippen LogP contribution >= 0.6 is 0 Å². The normalized spacial score (nSPS) is 15.4. The van der Waals surface area contributed by atoms with Crippen molar-refractivity contribution in [2.24, 2.45) is 0 Å². The molecular formula is C7H15AlO4. The fourth-order valence-corrected chi connectivity index (χ4v) is 1.98. The van der Waals surface area contributed by atoms with Gasteiger partial charge in [-0.2, -0.15) is 0 Å². The van der Waals surface area contributed by atoms with E-state index in [0.29, 0.717) is 0 Å². The van der Waals surface area contributed by atoms with Gasteiger partial charge in [-0.25, -0.2) is 4.79 Å². The van der Waals surface area contributed by atoms with Gasteiger partial charge in [-0.1, -0.05) is 11.7 Å². The molecule has 0 amide bonds. The van der Waals surface area contributed by atoms with E-state index >= 15 is 0 Å². The summed E-state index contributed by atoms with van der Waals surface area (Å²) in [5.74, 6) is -0.933. The van der Waals surface area contributed by atoms with Gasteiger partial charge < -0.3 is 13.6 Å². The smallest absolute Gasteiger partial charge is 0.435 e. The molecule has 1 saturated heterocycles. The Morgan fingerprint density at radius 2 is 2.42 bits per heavy atom. The van der Waals surface area contributed by atoms with Gasteiger partial charge in [0.05, 0.1) is 0 Å². The Labute approximate surface area is 78.9 Å². The molecule has 1 aliphatic rings. The molecule has 1 N–H and O–H groups in total. The maximum absolute atomic E-state index is 9.47. The number of carbonyl (C=O) groups is 1. The first-order valence-corrected chi connectivity index (χ1v) is 5.63. The summed E-state index contributed by atoms with van der Waals surface area (Å²) in [7, 11) is 1.34. The lowest BCUT2D eigenvalue weighted by atomic mass is 10.4. The van der Waals surface area contributed by atoms with Gasteiger partial charge in [-0.3, -0.25) is 0 Å². The van der Waals surface area contributed by atoms with Crippen LogP contribution in [0.15, 0.2) is 0 Å². The predicted molar refractivity (Wildman–Crippen MR) is 46.7 cm³/mol. The fraction of sp³-hybridized carbons (Fsp3) is 0.857. The third-order valence-electron chi connectivity index (χ3n) is 1.35. The van der Waals surface area contributed by atoms with Crippen LogP contribution in [0.5, 0.6) is 0 Å². The number of carboxylic acids is 1. The highest BCUT2D eigenvalue weighted by molar-refractivity contribution is 6.27. The van der Waals surface area contributed by atoms with Crippen LogP contribution in [0.25, 0.3) is 0 Å². The van der Waals surface area contributed by atoms with E-state index in [1.54, 1.807) is 0 Å². The molecule has 0 atom stereocenters. The zero-order chi connectivity index (χ0) is 9.23. The third kappa shape index (κ3) is 9.92. The summed E-state index contributed by atoms with van der Waals surface area (Å²) >= 11 is 0.00849. The van der Waals surface area contributed by atoms with E-state index in [9.17, 15) is 4.79 Å². The molecule has 70 valence electrons. The van der Waals surface area contributed by atoms with E-state index in [1.807, 2.05) is 0 Å². The minimum Gasteiger partial charge on any atom is -0.503 e. The highest BCUT2D eigenvalue weighted by Crippen LogP contribution is 2.01. The maximum Gasteiger partial charge on any atom is 0.435 e. The van der Waals surface area contributed by atoms with Crippen LogP contribution in [0.4, 0.5) is 0 Å². The predicted octanol–water partition coefficient (Wildman–Crippen LogP) is 0.284. The number of aliphatic carboxylic acids is 1. The molecule has 0 aromatic rings. The van der Waals surface area contributed by atoms with Crippen LogP contribution in [0.3, 0.4) is 0 Å². The first-order valence-electron chi connectivity index (χ1n) is 4.06. The SMILES string of the molecule is C1C[CH2][AlH][O]C1.COCC(=O)O. The second-order valence-electron chi connectivity index (χ2n) is 2.50. The molecule has 12 heavy (non-hydrogen) atoms. The third-order valence-corrected chi connectivity index (χ3v) is 2.71. The Balaban J connectivity index is 0.000000202. The van der Waals surface area contributed by atoms with E-state index in [1.165, 1.54) is 25.2 Å². The van der Waals surface area contributed by atoms with Gasteiger partial charge in [0.2, 0.25) is 0 Å². The lowest BCUT2D eigenvalue weighted by molar-refractivity contribution is -0.141. The Hall–Kier alpha value is -0.0775. The van der Waals surface area contributed by atoms with Crippen molar-refractivity contribution in [3.8, 4) is 0 Å². The molecule has 0 aromatic heterocycles. The average molecular weight is 190 g/mol. The Bertz CT molecular complexity index is 102. The first-order chi connectivity index (χ1) is 5.77. The monoisotopic (exact) mass is 190 g/mol. The Morgan fingerprint density at radius 1 is 1.67 bits per heavy atom. The number of carboxylic acid groups (broad SMARTS) is 1. The van der Waals surface area contributed by atoms with Gasteiger partial charge in [0, 0.05) is 13.7 Å². The molecule has 0 radical (unpaired) electrons. The van der Waals surface area contributed by atoms with Crippen molar-refractivity contribution in [3.63, 3.8) is 0 Å². The number of hydrogen-bond acceptors (Lipinski definition) is 3. The number of hydrogen-bond donors (Lipinski definition) is 1. The fourth-order valence-electron chi connectivity index (χ4n) is 0.811. The van der Waals surface area contributed by atoms with E-state index < -0.39 is 5.97 Å². The molecule has 0 spiro atoms. The lowest BCUT2D eigenvalue weighted by Gasteiger charge is -2.06. The molecule has 0 aliphatic carbocycles. The molecule has 0 saturated carbocycles. The molecule has 1 rings (SSSR count). The van der Waals surface area contributed by atoms with Crippen LogP contribution in [0, 0.1) is 0 Å². The molecular weight excluding hydrogens is 175 g/mol. The van der Waals surface area contributed by atoms with Gasteiger partial charge >= 0.3 is 21.5 Å². The number of ether oxygens (including phenoxy) is 1. The van der Waals surface area contributed by atoms with Gasteiger partial charge in [-0.15, -0.1) is 0 Å². The molecule has 1 fully saturated rings. The van der Waals surface area contributed by atoms with Crippen molar-refractivity contribution < 1.29 is 18.4 Å². The summed E-state index contributed by atoms with van der Waals surface area (Å²) in [5.41, 5.74) is 0. The summed E-state index contributed by atoms with van der Waals surface area (Å²) < 4.78 is 9.41. The standard InChI is InChI=1S/C4H8O.C3H6O3.Al.H/c1-2-3-4-5;1-6-2-3(4)5;;/h1-4H2;2H2,1H3,(H,4,5);;/q-1;;+1;. The molecule has 0 unspecified atom stereocenters. The Kier molecular flexibility index (Phi) is 8.96. The quantitative estimate of drug-likeness (QED) is 0.635. The van der Waals surface area contributed by atoms with Crippen LogP contribution in [-0.4, -0.2) is 47.0 Å². The zero-order valence-corrected chi connectivity index (χ0v) is 8.83. The summed E-state index contributed by atoms with van der Waals surface area (Å²) in [4.78, 5) is 9.47. The number of methoxy groups -OCH3 is 1. The minimum atomic E-state index is -0.933. The maximum atomic E-state index is 9.47. The minimum absolute atomic E-state index is 0.00849. The van der Waals surface area contributed by atoms with Crippen LogP contribution in [0.1, 0.15) is 12.8 Å². The highest BCUT2D eigenvalue weighted by Gasteiger charge is 2.00. The average Bonchev–Trinajstić information content (AvgIpc) is 2.08. The van der Waals surface area contributed by atoms with Crippen molar-refractivity contribution in [1.29, 1.82) is 0 Å². The number of rotatable bonds is 2. The van der Waals surface area contributed by atoms with E-state index in [2.05, 4.69) is 4.74 Å². The van der Waals surface area contributed by atoms with E-state index in [-0.39, 0.29) is 22.2 Å². The van der Waals surface area contributed by atoms with E-state index in [4.69, 9.17) is 8.90 Å². The molecule has 5 heteroatoms. The van der Waals surface area contributed by atoms with Crippen molar-refractivity contribution in [2.75, 3.05) is 20.3 Å². The highest BCUT2D eigenvalue weighted by atomic mass is 27.1. The molecule has 4 nitrogen and oxygen atoms in total. The molecule has 1 heterocycles. The van der Waals surface area contributed by atoms with Crippen LogP contribution in [-0.2, 0) is 13.3 Å². The summed E-state index contributed by atoms with van der Waals surface area (Å²) in [6, 6.07) is 0. The van der Waals surface area contributed by atoms with Gasteiger partial charge in [0.25, 0.3) is 0 Å². The first kappa shape index (κ1) is 11.9. The Morgan fingerprint density at radius 3 is 2.50 bits per heavy atom. The molecule has 0 aromatic carbocycles. The van der Waals surface area contributed by atoms with Gasteiger partial charge in [0.15, 0.2) is 0 Å². The zero-order valence-electron chi connectivity index (χ0n) is 7.41. The van der Waals surface area contributed by atoms with Crippen molar-refractivity contribution >= 4 is 21.5 Å².